The summed E-state index contributed by atoms with van der Waals surface area (Å²) >= 11 is 1.36. The second-order valence-electron chi connectivity index (χ2n) is 5.63. The maximum absolute atomic E-state index is 12.5. The zero-order valence-corrected chi connectivity index (χ0v) is 15.3. The first-order valence-electron chi connectivity index (χ1n) is 8.35. The van der Waals surface area contributed by atoms with Gasteiger partial charge in [0.2, 0.25) is 5.91 Å². The number of methoxy groups -OCH3 is 1. The van der Waals surface area contributed by atoms with Crippen LogP contribution in [0.15, 0.2) is 40.8 Å². The highest BCUT2D eigenvalue weighted by molar-refractivity contribution is 8.00. The molecule has 0 bridgehead atoms. The molecule has 0 fully saturated rings. The van der Waals surface area contributed by atoms with Crippen molar-refractivity contribution in [3.05, 3.63) is 41.5 Å². The van der Waals surface area contributed by atoms with Gasteiger partial charge in [0.25, 0.3) is 5.91 Å². The average molecular weight is 363 g/mol. The molecule has 0 unspecified atom stereocenters. The van der Waals surface area contributed by atoms with Crippen LogP contribution in [0.2, 0.25) is 0 Å². The van der Waals surface area contributed by atoms with Gasteiger partial charge in [-0.2, -0.15) is 0 Å². The van der Waals surface area contributed by atoms with Crippen molar-refractivity contribution >= 4 is 23.6 Å². The Morgan fingerprint density at radius 2 is 2.12 bits per heavy atom. The molecule has 0 radical (unpaired) electrons. The first-order chi connectivity index (χ1) is 12.2. The number of benzene rings is 1. The molecule has 3 N–H and O–H groups in total. The maximum atomic E-state index is 12.5. The summed E-state index contributed by atoms with van der Waals surface area (Å²) in [5.41, 5.74) is 1.85. The van der Waals surface area contributed by atoms with Crippen LogP contribution in [0, 0.1) is 0 Å². The van der Waals surface area contributed by atoms with Gasteiger partial charge in [-0.1, -0.05) is 23.8 Å². The van der Waals surface area contributed by atoms with Crippen molar-refractivity contribution in [1.29, 1.82) is 0 Å². The van der Waals surface area contributed by atoms with Gasteiger partial charge in [-0.05, 0) is 25.1 Å². The lowest BCUT2D eigenvalue weighted by Gasteiger charge is -2.15. The van der Waals surface area contributed by atoms with Crippen molar-refractivity contribution < 1.29 is 14.3 Å². The summed E-state index contributed by atoms with van der Waals surface area (Å²) in [7, 11) is 1.59. The number of amides is 2. The van der Waals surface area contributed by atoms with Crippen molar-refractivity contribution in [2.75, 3.05) is 45.6 Å². The topological polar surface area (TPSA) is 79.5 Å². The predicted molar refractivity (Wildman–Crippen MR) is 100.0 cm³/mol. The van der Waals surface area contributed by atoms with Crippen LogP contribution in [-0.2, 0) is 9.53 Å². The second-order valence-corrected chi connectivity index (χ2v) is 6.64. The molecule has 0 saturated heterocycles. The van der Waals surface area contributed by atoms with E-state index in [0.29, 0.717) is 25.3 Å². The molecule has 0 saturated carbocycles. The molecule has 136 valence electrons. The number of carbonyl (C=O) groups is 2. The van der Waals surface area contributed by atoms with Crippen LogP contribution >= 0.6 is 11.8 Å². The molecule has 6 nitrogen and oxygen atoms in total. The molecular formula is C18H25N3O3S. The van der Waals surface area contributed by atoms with Crippen molar-refractivity contribution in [2.45, 2.75) is 11.3 Å². The standard InChI is InChI=1S/C18H25N3O3S/c1-24-11-10-20-17(22)13-25-16-5-3-2-4-15(16)18(23)21-12-14-6-8-19-9-7-14/h2-6,19H,7-13H2,1H3,(H,20,22)(H,21,23). The largest absolute Gasteiger partial charge is 0.383 e. The molecule has 1 aliphatic heterocycles. The van der Waals surface area contributed by atoms with Gasteiger partial charge in [0, 0.05) is 31.6 Å². The summed E-state index contributed by atoms with van der Waals surface area (Å²) in [6.45, 7) is 3.35. The van der Waals surface area contributed by atoms with E-state index < -0.39 is 0 Å². The van der Waals surface area contributed by atoms with Crippen LogP contribution in [0.25, 0.3) is 0 Å². The van der Waals surface area contributed by atoms with E-state index in [1.807, 2.05) is 18.2 Å². The molecular weight excluding hydrogens is 338 g/mol. The van der Waals surface area contributed by atoms with Gasteiger partial charge in [-0.25, -0.2) is 0 Å². The minimum absolute atomic E-state index is 0.0721. The van der Waals surface area contributed by atoms with Crippen LogP contribution in [0.4, 0.5) is 0 Å². The van der Waals surface area contributed by atoms with E-state index in [0.717, 1.165) is 24.4 Å². The Morgan fingerprint density at radius 1 is 1.28 bits per heavy atom. The van der Waals surface area contributed by atoms with Gasteiger partial charge in [0.1, 0.15) is 0 Å². The highest BCUT2D eigenvalue weighted by Crippen LogP contribution is 2.22. The monoisotopic (exact) mass is 363 g/mol. The van der Waals surface area contributed by atoms with Crippen molar-refractivity contribution in [3.63, 3.8) is 0 Å². The number of carbonyl (C=O) groups excluding carboxylic acids is 2. The summed E-state index contributed by atoms with van der Waals surface area (Å²) in [6, 6.07) is 7.36. The van der Waals surface area contributed by atoms with E-state index in [-0.39, 0.29) is 17.6 Å². The molecule has 2 rings (SSSR count). The van der Waals surface area contributed by atoms with E-state index in [1.165, 1.54) is 17.3 Å². The Hall–Kier alpha value is -1.83. The number of rotatable bonds is 9. The van der Waals surface area contributed by atoms with E-state index in [1.54, 1.807) is 13.2 Å². The van der Waals surface area contributed by atoms with Crippen LogP contribution in [0.1, 0.15) is 16.8 Å². The molecule has 0 spiro atoms. The Kier molecular flexibility index (Phi) is 8.51. The zero-order chi connectivity index (χ0) is 17.9. The molecule has 1 aromatic carbocycles. The fourth-order valence-corrected chi connectivity index (χ4v) is 3.27. The number of hydrogen-bond acceptors (Lipinski definition) is 5. The second kappa shape index (κ2) is 10.9. The lowest BCUT2D eigenvalue weighted by molar-refractivity contribution is -0.118. The Bertz CT molecular complexity index is 619. The zero-order valence-electron chi connectivity index (χ0n) is 14.5. The molecule has 0 aromatic heterocycles. The Balaban J connectivity index is 1.87. The summed E-state index contributed by atoms with van der Waals surface area (Å²) < 4.78 is 4.90. The molecule has 1 heterocycles. The average Bonchev–Trinajstić information content (AvgIpc) is 2.66. The minimum Gasteiger partial charge on any atom is -0.383 e. The lowest BCUT2D eigenvalue weighted by atomic mass is 10.1. The van der Waals surface area contributed by atoms with Gasteiger partial charge in [-0.15, -0.1) is 11.8 Å². The third-order valence-corrected chi connectivity index (χ3v) is 4.83. The predicted octanol–water partition coefficient (Wildman–Crippen LogP) is 1.19. The maximum Gasteiger partial charge on any atom is 0.252 e. The van der Waals surface area contributed by atoms with Crippen molar-refractivity contribution in [1.82, 2.24) is 16.0 Å². The highest BCUT2D eigenvalue weighted by Gasteiger charge is 2.13. The van der Waals surface area contributed by atoms with Gasteiger partial charge in [0.15, 0.2) is 0 Å². The van der Waals surface area contributed by atoms with Gasteiger partial charge < -0.3 is 20.7 Å². The first-order valence-corrected chi connectivity index (χ1v) is 9.33. The number of thioether (sulfide) groups is 1. The Morgan fingerprint density at radius 3 is 2.88 bits per heavy atom. The fourth-order valence-electron chi connectivity index (χ4n) is 2.39. The smallest absolute Gasteiger partial charge is 0.252 e. The lowest BCUT2D eigenvalue weighted by Crippen LogP contribution is -2.30. The number of nitrogens with one attached hydrogen (secondary N) is 3. The van der Waals surface area contributed by atoms with Crippen LogP contribution in [0.5, 0.6) is 0 Å². The van der Waals surface area contributed by atoms with Gasteiger partial charge in [-0.3, -0.25) is 9.59 Å². The number of hydrogen-bond donors (Lipinski definition) is 3. The van der Waals surface area contributed by atoms with Crippen molar-refractivity contribution in [3.8, 4) is 0 Å². The minimum atomic E-state index is -0.109. The quantitative estimate of drug-likeness (QED) is 0.349. The first kappa shape index (κ1) is 19.5. The summed E-state index contributed by atoms with van der Waals surface area (Å²) in [5, 5.41) is 9.00. The highest BCUT2D eigenvalue weighted by atomic mass is 32.2. The molecule has 25 heavy (non-hydrogen) atoms. The summed E-state index contributed by atoms with van der Waals surface area (Å²) in [5.74, 6) is 0.0876. The molecule has 7 heteroatoms. The number of ether oxygens (including phenoxy) is 1. The van der Waals surface area contributed by atoms with Crippen LogP contribution in [0.3, 0.4) is 0 Å². The molecule has 0 aliphatic carbocycles. The Labute approximate surface area is 152 Å². The molecule has 0 atom stereocenters. The SMILES string of the molecule is COCCNC(=O)CSc1ccccc1C(=O)NCC1=CCNCC1. The normalized spacial score (nSPS) is 13.9. The van der Waals surface area contributed by atoms with Crippen molar-refractivity contribution in [2.24, 2.45) is 0 Å². The van der Waals surface area contributed by atoms with E-state index >= 15 is 0 Å². The van der Waals surface area contributed by atoms with Crippen LogP contribution in [-0.4, -0.2) is 57.5 Å². The van der Waals surface area contributed by atoms with Gasteiger partial charge in [0.05, 0.1) is 17.9 Å². The summed E-state index contributed by atoms with van der Waals surface area (Å²) in [6.07, 6.45) is 3.08. The third-order valence-electron chi connectivity index (χ3n) is 3.75. The molecule has 2 amide bonds. The molecule has 1 aromatic rings. The van der Waals surface area contributed by atoms with E-state index in [4.69, 9.17) is 4.74 Å². The van der Waals surface area contributed by atoms with Gasteiger partial charge >= 0.3 is 0 Å². The van der Waals surface area contributed by atoms with E-state index in [9.17, 15) is 9.59 Å². The van der Waals surface area contributed by atoms with Crippen LogP contribution < -0.4 is 16.0 Å². The fraction of sp³-hybridized carbons (Fsp3) is 0.444. The van der Waals surface area contributed by atoms with E-state index in [2.05, 4.69) is 22.0 Å². The summed E-state index contributed by atoms with van der Waals surface area (Å²) in [4.78, 5) is 25.1. The molecule has 1 aliphatic rings. The third kappa shape index (κ3) is 6.89.